The van der Waals surface area contributed by atoms with Crippen molar-refractivity contribution in [1.29, 1.82) is 0 Å². The van der Waals surface area contributed by atoms with E-state index in [9.17, 15) is 5.11 Å². The van der Waals surface area contributed by atoms with E-state index in [1.807, 2.05) is 50.2 Å². The largest absolute Gasteiger partial charge is 0.389 e. The molecule has 3 rings (SSSR count). The number of H-pyrrole nitrogens is 1. The minimum atomic E-state index is -0.655. The number of rotatable bonds is 10. The van der Waals surface area contributed by atoms with Crippen molar-refractivity contribution in [2.45, 2.75) is 39.4 Å². The third-order valence-electron chi connectivity index (χ3n) is 5.31. The summed E-state index contributed by atoms with van der Waals surface area (Å²) in [5.41, 5.74) is 4.79. The number of para-hydroxylation sites is 1. The lowest BCUT2D eigenvalue weighted by Gasteiger charge is -2.17. The number of benzene rings is 2. The highest BCUT2D eigenvalue weighted by molar-refractivity contribution is 5.84. The van der Waals surface area contributed by atoms with Crippen LogP contribution in [0.1, 0.15) is 36.8 Å². The van der Waals surface area contributed by atoms with E-state index in [-0.39, 0.29) is 19.3 Å². The fraction of sp³-hybridized carbons (Fsp3) is 0.400. The molecule has 6 heteroatoms. The first-order valence-corrected chi connectivity index (χ1v) is 11.0. The van der Waals surface area contributed by atoms with Crippen LogP contribution in [0.2, 0.25) is 0 Å². The Kier molecular flexibility index (Phi) is 8.50. The van der Waals surface area contributed by atoms with Gasteiger partial charge >= 0.3 is 0 Å². The van der Waals surface area contributed by atoms with Gasteiger partial charge in [0, 0.05) is 29.7 Å². The molecule has 0 bridgehead atoms. The summed E-state index contributed by atoms with van der Waals surface area (Å²) in [5.74, 6) is 0.704. The molecule has 1 aromatic heterocycles. The van der Waals surface area contributed by atoms with Gasteiger partial charge in [-0.05, 0) is 44.4 Å². The molecule has 3 aromatic rings. The van der Waals surface area contributed by atoms with E-state index in [2.05, 4.69) is 45.7 Å². The topological polar surface area (TPSA) is 81.7 Å². The summed E-state index contributed by atoms with van der Waals surface area (Å²) in [5, 5.41) is 18.2. The summed E-state index contributed by atoms with van der Waals surface area (Å²) in [4.78, 5) is 7.97. The molecule has 166 valence electrons. The van der Waals surface area contributed by atoms with Crippen molar-refractivity contribution in [2.24, 2.45) is 4.99 Å². The Balaban J connectivity index is 1.48. The van der Waals surface area contributed by atoms with Crippen LogP contribution in [0.15, 0.2) is 59.6 Å². The van der Waals surface area contributed by atoms with Gasteiger partial charge in [0.15, 0.2) is 5.96 Å². The second-order valence-corrected chi connectivity index (χ2v) is 7.71. The fourth-order valence-electron chi connectivity index (χ4n) is 3.63. The number of fused-ring (bicyclic) bond motifs is 1. The number of ether oxygens (including phenoxy) is 1. The minimum absolute atomic E-state index is 0.0643. The van der Waals surface area contributed by atoms with E-state index in [4.69, 9.17) is 4.74 Å². The molecule has 0 aliphatic rings. The van der Waals surface area contributed by atoms with Crippen LogP contribution in [0.3, 0.4) is 0 Å². The number of hydrogen-bond donors (Lipinski definition) is 4. The molecule has 2 aromatic carbocycles. The first kappa shape index (κ1) is 22.8. The number of nitrogens with zero attached hydrogens (tertiary/aromatic N) is 1. The fourth-order valence-corrected chi connectivity index (χ4v) is 3.63. The van der Waals surface area contributed by atoms with Gasteiger partial charge in [0.05, 0.1) is 25.4 Å². The van der Waals surface area contributed by atoms with E-state index in [0.29, 0.717) is 5.96 Å². The number of nitrogens with one attached hydrogen (secondary N) is 3. The van der Waals surface area contributed by atoms with Gasteiger partial charge in [0.2, 0.25) is 0 Å². The average molecular weight is 423 g/mol. The quantitative estimate of drug-likeness (QED) is 0.297. The molecule has 2 unspecified atom stereocenters. The van der Waals surface area contributed by atoms with Gasteiger partial charge in [-0.3, -0.25) is 4.99 Å². The van der Waals surface area contributed by atoms with Crippen LogP contribution in [0.4, 0.5) is 0 Å². The van der Waals surface area contributed by atoms with Gasteiger partial charge in [-0.2, -0.15) is 0 Å². The number of aryl methyl sites for hydroxylation is 1. The number of aliphatic imine (C=N–C) groups is 1. The number of hydrogen-bond acceptors (Lipinski definition) is 3. The summed E-state index contributed by atoms with van der Waals surface area (Å²) >= 11 is 0. The Labute approximate surface area is 184 Å². The third-order valence-corrected chi connectivity index (χ3v) is 5.31. The lowest BCUT2D eigenvalue weighted by molar-refractivity contribution is 0.00112. The molecule has 0 saturated heterocycles. The molecule has 31 heavy (non-hydrogen) atoms. The van der Waals surface area contributed by atoms with Crippen molar-refractivity contribution in [3.05, 3.63) is 71.4 Å². The van der Waals surface area contributed by atoms with Crippen LogP contribution in [-0.4, -0.2) is 48.4 Å². The second-order valence-electron chi connectivity index (χ2n) is 7.71. The Morgan fingerprint density at radius 3 is 2.61 bits per heavy atom. The van der Waals surface area contributed by atoms with E-state index in [0.717, 1.165) is 25.1 Å². The molecule has 2 atom stereocenters. The van der Waals surface area contributed by atoms with E-state index in [1.165, 1.54) is 22.2 Å². The van der Waals surface area contributed by atoms with Crippen molar-refractivity contribution in [1.82, 2.24) is 15.6 Å². The van der Waals surface area contributed by atoms with Crippen molar-refractivity contribution in [3.8, 4) is 0 Å². The van der Waals surface area contributed by atoms with Crippen molar-refractivity contribution >= 4 is 16.9 Å². The van der Waals surface area contributed by atoms with Gasteiger partial charge in [-0.15, -0.1) is 0 Å². The standard InChI is InChI=1S/C25H34N4O2/c1-4-26-25(27-15-14-22-18(2)29-24-13-9-8-12-23(22)24)28-16-21(30)17-31-19(3)20-10-6-5-7-11-20/h5-13,19,21,29-30H,4,14-17H2,1-3H3,(H2,26,27,28). The summed E-state index contributed by atoms with van der Waals surface area (Å²) < 4.78 is 5.80. The molecule has 0 saturated carbocycles. The van der Waals surface area contributed by atoms with Gasteiger partial charge in [0.25, 0.3) is 0 Å². The SMILES string of the molecule is CCNC(=NCC(O)COC(C)c1ccccc1)NCCc1c(C)[nH]c2ccccc12. The van der Waals surface area contributed by atoms with E-state index >= 15 is 0 Å². The zero-order valence-corrected chi connectivity index (χ0v) is 18.7. The minimum Gasteiger partial charge on any atom is -0.389 e. The number of guanidine groups is 1. The van der Waals surface area contributed by atoms with Crippen LogP contribution >= 0.6 is 0 Å². The number of aromatic nitrogens is 1. The Hall–Kier alpha value is -2.83. The van der Waals surface area contributed by atoms with Crippen molar-refractivity contribution < 1.29 is 9.84 Å². The smallest absolute Gasteiger partial charge is 0.191 e. The monoisotopic (exact) mass is 422 g/mol. The number of aromatic amines is 1. The summed E-state index contributed by atoms with van der Waals surface area (Å²) in [6, 6.07) is 18.4. The predicted molar refractivity (Wildman–Crippen MR) is 128 cm³/mol. The molecule has 1 heterocycles. The maximum absolute atomic E-state index is 10.3. The lowest BCUT2D eigenvalue weighted by atomic mass is 10.1. The Morgan fingerprint density at radius 1 is 1.10 bits per heavy atom. The van der Waals surface area contributed by atoms with Crippen LogP contribution in [0, 0.1) is 6.92 Å². The zero-order chi connectivity index (χ0) is 22.1. The molecule has 0 radical (unpaired) electrons. The number of aliphatic hydroxyl groups is 1. The van der Waals surface area contributed by atoms with Crippen LogP contribution in [-0.2, 0) is 11.2 Å². The maximum Gasteiger partial charge on any atom is 0.191 e. The lowest BCUT2D eigenvalue weighted by Crippen LogP contribution is -2.39. The zero-order valence-electron chi connectivity index (χ0n) is 18.7. The molecule has 4 N–H and O–H groups in total. The normalized spacial score (nSPS) is 13.9. The maximum atomic E-state index is 10.3. The van der Waals surface area contributed by atoms with Crippen LogP contribution < -0.4 is 10.6 Å². The summed E-state index contributed by atoms with van der Waals surface area (Å²) in [6.45, 7) is 8.17. The van der Waals surface area contributed by atoms with Crippen LogP contribution in [0.5, 0.6) is 0 Å². The molecule has 0 aliphatic carbocycles. The van der Waals surface area contributed by atoms with Gasteiger partial charge in [-0.1, -0.05) is 48.5 Å². The van der Waals surface area contributed by atoms with E-state index < -0.39 is 6.10 Å². The van der Waals surface area contributed by atoms with Crippen molar-refractivity contribution in [3.63, 3.8) is 0 Å². The average Bonchev–Trinajstić information content (AvgIpc) is 3.11. The summed E-state index contributed by atoms with van der Waals surface area (Å²) in [6.07, 6.45) is 0.170. The van der Waals surface area contributed by atoms with E-state index in [1.54, 1.807) is 0 Å². The highest BCUT2D eigenvalue weighted by Gasteiger charge is 2.11. The highest BCUT2D eigenvalue weighted by atomic mass is 16.5. The second kappa shape index (κ2) is 11.5. The van der Waals surface area contributed by atoms with Crippen molar-refractivity contribution in [2.75, 3.05) is 26.2 Å². The third kappa shape index (κ3) is 6.57. The Bertz CT molecular complexity index is 968. The van der Waals surface area contributed by atoms with Crippen LogP contribution in [0.25, 0.3) is 10.9 Å². The molecular weight excluding hydrogens is 388 g/mol. The molecule has 0 spiro atoms. The first-order chi connectivity index (χ1) is 15.1. The molecular formula is C25H34N4O2. The molecule has 0 fully saturated rings. The number of aliphatic hydroxyl groups excluding tert-OH is 1. The highest BCUT2D eigenvalue weighted by Crippen LogP contribution is 2.22. The molecule has 0 amide bonds. The van der Waals surface area contributed by atoms with Gasteiger partial charge in [0.1, 0.15) is 0 Å². The molecule has 0 aliphatic heterocycles. The molecule has 6 nitrogen and oxygen atoms in total. The van der Waals surface area contributed by atoms with Gasteiger partial charge < -0.3 is 25.5 Å². The van der Waals surface area contributed by atoms with Gasteiger partial charge in [-0.25, -0.2) is 0 Å². The summed E-state index contributed by atoms with van der Waals surface area (Å²) in [7, 11) is 0. The predicted octanol–water partition coefficient (Wildman–Crippen LogP) is 3.71. The Morgan fingerprint density at radius 2 is 1.84 bits per heavy atom. The first-order valence-electron chi connectivity index (χ1n) is 11.0.